The molecule has 0 amide bonds. The van der Waals surface area contributed by atoms with Crippen LogP contribution in [0.15, 0.2) is 76.5 Å². The van der Waals surface area contributed by atoms with Gasteiger partial charge in [0.25, 0.3) is 0 Å². The topological polar surface area (TPSA) is 26.3 Å². The van der Waals surface area contributed by atoms with Crippen LogP contribution in [-0.2, 0) is 4.74 Å². The Labute approximate surface area is 165 Å². The van der Waals surface area contributed by atoms with Crippen molar-refractivity contribution < 1.29 is 9.53 Å². The molecule has 2 heterocycles. The third-order valence-corrected chi connectivity index (χ3v) is 6.98. The molecular weight excluding hydrogens is 372 g/mol. The summed E-state index contributed by atoms with van der Waals surface area (Å²) in [7, 11) is 0. The minimum atomic E-state index is -0.247. The zero-order valence-corrected chi connectivity index (χ0v) is 16.3. The predicted molar refractivity (Wildman–Crippen MR) is 113 cm³/mol. The van der Waals surface area contributed by atoms with Crippen molar-refractivity contribution >= 4 is 39.8 Å². The van der Waals surface area contributed by atoms with Gasteiger partial charge in [0.1, 0.15) is 4.88 Å². The average Bonchev–Trinajstić information content (AvgIpc) is 3.08. The van der Waals surface area contributed by atoms with Crippen LogP contribution in [0.5, 0.6) is 0 Å². The van der Waals surface area contributed by atoms with E-state index in [1.807, 2.05) is 13.0 Å². The van der Waals surface area contributed by atoms with Gasteiger partial charge in [-0.3, -0.25) is 0 Å². The van der Waals surface area contributed by atoms with Gasteiger partial charge in [0.2, 0.25) is 0 Å². The molecule has 1 aliphatic rings. The van der Waals surface area contributed by atoms with Crippen LogP contribution >= 0.6 is 23.1 Å². The first-order chi connectivity index (χ1) is 13.2. The highest BCUT2D eigenvalue weighted by molar-refractivity contribution is 7.99. The largest absolute Gasteiger partial charge is 0.462 e. The van der Waals surface area contributed by atoms with Gasteiger partial charge in [-0.25, -0.2) is 4.79 Å². The Kier molecular flexibility index (Phi) is 4.03. The summed E-state index contributed by atoms with van der Waals surface area (Å²) < 4.78 is 5.25. The average molecular weight is 389 g/mol. The quantitative estimate of drug-likeness (QED) is 0.308. The van der Waals surface area contributed by atoms with Crippen LogP contribution in [0.2, 0.25) is 0 Å². The van der Waals surface area contributed by atoms with Crippen LogP contribution in [0.1, 0.15) is 16.6 Å². The first kappa shape index (κ1) is 16.6. The zero-order valence-electron chi connectivity index (χ0n) is 14.7. The van der Waals surface area contributed by atoms with Crippen molar-refractivity contribution in [1.82, 2.24) is 0 Å². The van der Waals surface area contributed by atoms with E-state index < -0.39 is 0 Å². The van der Waals surface area contributed by atoms with Crippen molar-refractivity contribution in [2.75, 3.05) is 6.61 Å². The highest BCUT2D eigenvalue weighted by Crippen LogP contribution is 2.51. The van der Waals surface area contributed by atoms with Crippen molar-refractivity contribution in [3.05, 3.63) is 71.6 Å². The molecular formula is C23H16O2S2. The van der Waals surface area contributed by atoms with E-state index in [9.17, 15) is 4.79 Å². The summed E-state index contributed by atoms with van der Waals surface area (Å²) >= 11 is 3.32. The van der Waals surface area contributed by atoms with Crippen LogP contribution in [0.25, 0.3) is 32.3 Å². The maximum atomic E-state index is 12.4. The number of benzene rings is 3. The lowest BCUT2D eigenvalue weighted by atomic mass is 10.0. The predicted octanol–water partition coefficient (Wildman–Crippen LogP) is 6.88. The first-order valence-electron chi connectivity index (χ1n) is 8.86. The second-order valence-corrected chi connectivity index (χ2v) is 8.50. The summed E-state index contributed by atoms with van der Waals surface area (Å²) in [4.78, 5) is 16.6. The highest BCUT2D eigenvalue weighted by atomic mass is 32.2. The van der Waals surface area contributed by atoms with Crippen molar-refractivity contribution in [3.63, 3.8) is 0 Å². The molecule has 132 valence electrons. The fourth-order valence-corrected chi connectivity index (χ4v) is 5.76. The Bertz CT molecular complexity index is 1190. The summed E-state index contributed by atoms with van der Waals surface area (Å²) in [5.74, 6) is -0.247. The van der Waals surface area contributed by atoms with E-state index in [1.165, 1.54) is 43.0 Å². The van der Waals surface area contributed by atoms with E-state index in [4.69, 9.17) is 4.74 Å². The van der Waals surface area contributed by atoms with E-state index >= 15 is 0 Å². The Morgan fingerprint density at radius 3 is 2.41 bits per heavy atom. The van der Waals surface area contributed by atoms with Gasteiger partial charge in [0.15, 0.2) is 0 Å². The second kappa shape index (κ2) is 6.55. The fourth-order valence-electron chi connectivity index (χ4n) is 3.47. The van der Waals surface area contributed by atoms with E-state index in [-0.39, 0.29) is 5.97 Å². The number of thiophene rings is 1. The van der Waals surface area contributed by atoms with E-state index in [0.717, 1.165) is 10.4 Å². The first-order valence-corrected chi connectivity index (χ1v) is 10.5. The molecule has 0 saturated heterocycles. The smallest absolute Gasteiger partial charge is 0.348 e. The molecule has 0 aliphatic carbocycles. The maximum absolute atomic E-state index is 12.4. The molecule has 2 nitrogen and oxygen atoms in total. The summed E-state index contributed by atoms with van der Waals surface area (Å²) in [6.45, 7) is 2.22. The number of carbonyl (C=O) groups excluding carboxylic acids is 1. The Balaban J connectivity index is 1.81. The second-order valence-electron chi connectivity index (χ2n) is 6.37. The fraction of sp³-hybridized carbons (Fsp3) is 0.0870. The number of hydrogen-bond acceptors (Lipinski definition) is 4. The molecule has 0 bridgehead atoms. The van der Waals surface area contributed by atoms with Crippen molar-refractivity contribution in [2.24, 2.45) is 0 Å². The minimum Gasteiger partial charge on any atom is -0.462 e. The lowest BCUT2D eigenvalue weighted by Crippen LogP contribution is -2.01. The van der Waals surface area contributed by atoms with Crippen molar-refractivity contribution in [1.29, 1.82) is 0 Å². The summed E-state index contributed by atoms with van der Waals surface area (Å²) in [6.07, 6.45) is 0. The number of carbonyl (C=O) groups is 1. The molecule has 0 saturated carbocycles. The lowest BCUT2D eigenvalue weighted by Gasteiger charge is -2.08. The Morgan fingerprint density at radius 1 is 0.852 bits per heavy atom. The van der Waals surface area contributed by atoms with Gasteiger partial charge in [-0.05, 0) is 47.5 Å². The minimum absolute atomic E-state index is 0.247. The van der Waals surface area contributed by atoms with Crippen LogP contribution in [0, 0.1) is 0 Å². The van der Waals surface area contributed by atoms with E-state index in [0.29, 0.717) is 11.5 Å². The molecule has 5 rings (SSSR count). The molecule has 0 atom stereocenters. The van der Waals surface area contributed by atoms with E-state index in [1.54, 1.807) is 11.8 Å². The molecule has 0 N–H and O–H groups in total. The van der Waals surface area contributed by atoms with E-state index in [2.05, 4.69) is 60.7 Å². The van der Waals surface area contributed by atoms with Gasteiger partial charge >= 0.3 is 5.97 Å². The summed E-state index contributed by atoms with van der Waals surface area (Å²) in [6, 6.07) is 23.3. The van der Waals surface area contributed by atoms with Gasteiger partial charge in [-0.2, -0.15) is 0 Å². The van der Waals surface area contributed by atoms with Gasteiger partial charge in [-0.1, -0.05) is 54.2 Å². The molecule has 3 aromatic carbocycles. The van der Waals surface area contributed by atoms with Gasteiger partial charge < -0.3 is 4.74 Å². The van der Waals surface area contributed by atoms with Crippen molar-refractivity contribution in [3.8, 4) is 21.6 Å². The Hall–Kier alpha value is -2.56. The normalized spacial score (nSPS) is 12.0. The highest BCUT2D eigenvalue weighted by Gasteiger charge is 2.25. The molecule has 4 heteroatoms. The Morgan fingerprint density at radius 2 is 1.59 bits per heavy atom. The molecule has 1 aliphatic heterocycles. The molecule has 0 spiro atoms. The molecule has 27 heavy (non-hydrogen) atoms. The number of fused-ring (bicyclic) bond motifs is 6. The molecule has 0 unspecified atom stereocenters. The van der Waals surface area contributed by atoms with Crippen LogP contribution in [0.4, 0.5) is 0 Å². The standard InChI is InChI=1S/C23H16O2S2/c1-2-25-23(24)21-13-17-16-9-5-6-10-19(16)26-20-12-15-8-4-3-7-14(15)11-18(20)22(17)27-21/h3-13H,2H2,1H3. The zero-order chi connectivity index (χ0) is 18.4. The SMILES string of the molecule is CCOC(=O)c1cc2c(s1)-c1cc3ccccc3cc1Sc1ccccc1-2. The number of ether oxygens (including phenoxy) is 1. The van der Waals surface area contributed by atoms with Crippen molar-refractivity contribution in [2.45, 2.75) is 16.7 Å². The van der Waals surface area contributed by atoms with Gasteiger partial charge in [-0.15, -0.1) is 11.3 Å². The van der Waals surface area contributed by atoms with Gasteiger partial charge in [0, 0.05) is 25.8 Å². The van der Waals surface area contributed by atoms with Gasteiger partial charge in [0.05, 0.1) is 6.61 Å². The third-order valence-electron chi connectivity index (χ3n) is 4.70. The monoisotopic (exact) mass is 388 g/mol. The molecule has 4 aromatic rings. The van der Waals surface area contributed by atoms with Crippen LogP contribution in [-0.4, -0.2) is 12.6 Å². The summed E-state index contributed by atoms with van der Waals surface area (Å²) in [5, 5.41) is 2.44. The molecule has 0 radical (unpaired) electrons. The third kappa shape index (κ3) is 2.76. The lowest BCUT2D eigenvalue weighted by molar-refractivity contribution is 0.0532. The molecule has 1 aromatic heterocycles. The molecule has 0 fully saturated rings. The summed E-state index contributed by atoms with van der Waals surface area (Å²) in [5.41, 5.74) is 3.47. The number of rotatable bonds is 2. The number of esters is 1. The van der Waals surface area contributed by atoms with Crippen LogP contribution in [0.3, 0.4) is 0 Å². The number of hydrogen-bond donors (Lipinski definition) is 0. The maximum Gasteiger partial charge on any atom is 0.348 e. The van der Waals surface area contributed by atoms with Crippen LogP contribution < -0.4 is 0 Å².